The van der Waals surface area contributed by atoms with Crippen molar-refractivity contribution in [1.29, 1.82) is 0 Å². The summed E-state index contributed by atoms with van der Waals surface area (Å²) in [5.74, 6) is 0.0349. The number of carbonyl (C=O) groups is 1. The standard InChI is InChI=1S/C23H25N5O3S2/c1-16-18(17(2)28-23(24-16)19-6-3-4-7-20(19)25-28)9-10-21(29)26-11-13-27(14-12-26)33(30,31)22-8-5-15-32-22/h3-8,15H,9-14H2,1-2H3. The summed E-state index contributed by atoms with van der Waals surface area (Å²) >= 11 is 1.22. The summed E-state index contributed by atoms with van der Waals surface area (Å²) in [6, 6.07) is 11.3. The van der Waals surface area contributed by atoms with Crippen LogP contribution in [0.1, 0.15) is 23.4 Å². The number of rotatable bonds is 5. The molecule has 0 aliphatic carbocycles. The van der Waals surface area contributed by atoms with Gasteiger partial charge in [0, 0.05) is 49.4 Å². The van der Waals surface area contributed by atoms with Crippen LogP contribution in [0.5, 0.6) is 0 Å². The highest BCUT2D eigenvalue weighted by Crippen LogP contribution is 2.24. The van der Waals surface area contributed by atoms with Crippen molar-refractivity contribution in [3.8, 4) is 0 Å². The van der Waals surface area contributed by atoms with Gasteiger partial charge in [0.25, 0.3) is 10.0 Å². The molecule has 1 aromatic carbocycles. The predicted molar refractivity (Wildman–Crippen MR) is 128 cm³/mol. The summed E-state index contributed by atoms with van der Waals surface area (Å²) < 4.78 is 29.1. The van der Waals surface area contributed by atoms with Crippen molar-refractivity contribution in [3.05, 3.63) is 58.7 Å². The molecule has 1 amide bonds. The van der Waals surface area contributed by atoms with Crippen LogP contribution in [0.2, 0.25) is 0 Å². The topological polar surface area (TPSA) is 87.9 Å². The lowest BCUT2D eigenvalue weighted by atomic mass is 10.1. The predicted octanol–water partition coefficient (Wildman–Crippen LogP) is 3.03. The molecule has 4 heterocycles. The highest BCUT2D eigenvalue weighted by Gasteiger charge is 2.30. The zero-order valence-corrected chi connectivity index (χ0v) is 20.2. The molecule has 172 valence electrons. The molecule has 1 fully saturated rings. The van der Waals surface area contributed by atoms with E-state index < -0.39 is 10.0 Å². The van der Waals surface area contributed by atoms with Gasteiger partial charge in [-0.2, -0.15) is 9.40 Å². The summed E-state index contributed by atoms with van der Waals surface area (Å²) in [4.78, 5) is 19.4. The van der Waals surface area contributed by atoms with Gasteiger partial charge in [0.1, 0.15) is 4.21 Å². The van der Waals surface area contributed by atoms with Crippen LogP contribution in [0.25, 0.3) is 16.6 Å². The van der Waals surface area contributed by atoms with Crippen molar-refractivity contribution < 1.29 is 13.2 Å². The van der Waals surface area contributed by atoms with Gasteiger partial charge in [0.05, 0.1) is 5.52 Å². The SMILES string of the molecule is Cc1nc2c3ccccc3nn2c(C)c1CCC(=O)N1CCN(S(=O)(=O)c2cccs2)CC1. The lowest BCUT2D eigenvalue weighted by Gasteiger charge is -2.33. The molecule has 0 spiro atoms. The van der Waals surface area contributed by atoms with E-state index >= 15 is 0 Å². The molecule has 0 unspecified atom stereocenters. The first-order valence-electron chi connectivity index (χ1n) is 10.9. The molecular weight excluding hydrogens is 458 g/mol. The fourth-order valence-electron chi connectivity index (χ4n) is 4.44. The van der Waals surface area contributed by atoms with E-state index in [1.807, 2.05) is 42.6 Å². The number of fused-ring (bicyclic) bond motifs is 3. The van der Waals surface area contributed by atoms with Gasteiger partial charge in [-0.25, -0.2) is 17.9 Å². The van der Waals surface area contributed by atoms with Gasteiger partial charge >= 0.3 is 0 Å². The van der Waals surface area contributed by atoms with Crippen LogP contribution in [-0.4, -0.2) is 64.3 Å². The maximum absolute atomic E-state index is 12.9. The first-order valence-corrected chi connectivity index (χ1v) is 13.2. The van der Waals surface area contributed by atoms with Crippen molar-refractivity contribution in [1.82, 2.24) is 23.8 Å². The molecule has 0 bridgehead atoms. The Kier molecular flexibility index (Phi) is 5.67. The Bertz CT molecular complexity index is 1440. The molecule has 1 aliphatic heterocycles. The number of nitrogens with zero attached hydrogens (tertiary/aromatic N) is 5. The zero-order chi connectivity index (χ0) is 23.2. The molecule has 0 N–H and O–H groups in total. The third kappa shape index (κ3) is 3.92. The summed E-state index contributed by atoms with van der Waals surface area (Å²) in [5.41, 5.74) is 4.66. The van der Waals surface area contributed by atoms with Crippen molar-refractivity contribution >= 4 is 43.8 Å². The molecule has 5 rings (SSSR count). The molecule has 1 saturated heterocycles. The van der Waals surface area contributed by atoms with Crippen LogP contribution >= 0.6 is 11.3 Å². The summed E-state index contributed by atoms with van der Waals surface area (Å²) in [6.07, 6.45) is 0.927. The van der Waals surface area contributed by atoms with Gasteiger partial charge < -0.3 is 4.90 Å². The van der Waals surface area contributed by atoms with Gasteiger partial charge in [0.2, 0.25) is 5.91 Å². The van der Waals surface area contributed by atoms with Crippen molar-refractivity contribution in [3.63, 3.8) is 0 Å². The molecule has 1 aliphatic rings. The minimum absolute atomic E-state index is 0.0349. The van der Waals surface area contributed by atoms with E-state index in [2.05, 4.69) is 5.10 Å². The Morgan fingerprint density at radius 1 is 1.06 bits per heavy atom. The Morgan fingerprint density at radius 3 is 2.55 bits per heavy atom. The van der Waals surface area contributed by atoms with Crippen LogP contribution in [0.3, 0.4) is 0 Å². The number of piperazine rings is 1. The van der Waals surface area contributed by atoms with E-state index in [0.29, 0.717) is 43.2 Å². The molecule has 4 aromatic rings. The third-order valence-electron chi connectivity index (χ3n) is 6.29. The largest absolute Gasteiger partial charge is 0.340 e. The monoisotopic (exact) mass is 483 g/mol. The molecule has 0 radical (unpaired) electrons. The Hall–Kier alpha value is -2.82. The molecule has 3 aromatic heterocycles. The molecular formula is C23H25N5O3S2. The van der Waals surface area contributed by atoms with Crippen LogP contribution < -0.4 is 0 Å². The van der Waals surface area contributed by atoms with Crippen LogP contribution in [0.15, 0.2) is 46.0 Å². The fraction of sp³-hybridized carbons (Fsp3) is 0.348. The maximum atomic E-state index is 12.9. The minimum Gasteiger partial charge on any atom is -0.340 e. The number of thiophene rings is 1. The molecule has 8 nitrogen and oxygen atoms in total. The third-order valence-corrected chi connectivity index (χ3v) is 9.56. The smallest absolute Gasteiger partial charge is 0.252 e. The van der Waals surface area contributed by atoms with Gasteiger partial charge in [-0.1, -0.05) is 18.2 Å². The molecule has 0 saturated carbocycles. The van der Waals surface area contributed by atoms with Crippen molar-refractivity contribution in [2.45, 2.75) is 30.9 Å². The second-order valence-electron chi connectivity index (χ2n) is 8.23. The van der Waals surface area contributed by atoms with E-state index in [0.717, 1.165) is 33.5 Å². The molecule has 0 atom stereocenters. The first kappa shape index (κ1) is 22.0. The average molecular weight is 484 g/mol. The highest BCUT2D eigenvalue weighted by molar-refractivity contribution is 7.91. The number of sulfonamides is 1. The van der Waals surface area contributed by atoms with Gasteiger partial charge in [-0.15, -0.1) is 11.3 Å². The lowest BCUT2D eigenvalue weighted by Crippen LogP contribution is -2.50. The Morgan fingerprint density at radius 2 is 1.82 bits per heavy atom. The fourth-order valence-corrected chi connectivity index (χ4v) is 7.01. The Balaban J connectivity index is 1.27. The normalized spacial score (nSPS) is 15.5. The summed E-state index contributed by atoms with van der Waals surface area (Å²) in [5, 5.41) is 7.46. The van der Waals surface area contributed by atoms with Gasteiger partial charge in [-0.3, -0.25) is 4.79 Å². The second kappa shape index (κ2) is 8.51. The van der Waals surface area contributed by atoms with E-state index in [1.54, 1.807) is 22.4 Å². The zero-order valence-electron chi connectivity index (χ0n) is 18.6. The minimum atomic E-state index is -3.47. The summed E-state index contributed by atoms with van der Waals surface area (Å²) in [6.45, 7) is 5.44. The van der Waals surface area contributed by atoms with Crippen LogP contribution in [-0.2, 0) is 21.2 Å². The summed E-state index contributed by atoms with van der Waals surface area (Å²) in [7, 11) is -3.47. The highest BCUT2D eigenvalue weighted by atomic mass is 32.2. The van der Waals surface area contributed by atoms with E-state index in [9.17, 15) is 13.2 Å². The quantitative estimate of drug-likeness (QED) is 0.435. The number of carbonyl (C=O) groups excluding carboxylic acids is 1. The van der Waals surface area contributed by atoms with Gasteiger partial charge in [-0.05, 0) is 49.4 Å². The number of hydrogen-bond acceptors (Lipinski definition) is 6. The van der Waals surface area contributed by atoms with E-state index in [-0.39, 0.29) is 5.91 Å². The molecule has 33 heavy (non-hydrogen) atoms. The van der Waals surface area contributed by atoms with E-state index in [1.165, 1.54) is 15.6 Å². The first-order chi connectivity index (χ1) is 15.9. The Labute approximate surface area is 196 Å². The van der Waals surface area contributed by atoms with Gasteiger partial charge in [0.15, 0.2) is 5.65 Å². The van der Waals surface area contributed by atoms with Crippen molar-refractivity contribution in [2.24, 2.45) is 0 Å². The molecule has 10 heteroatoms. The average Bonchev–Trinajstić information content (AvgIpc) is 3.48. The second-order valence-corrected chi connectivity index (χ2v) is 11.3. The number of aromatic nitrogens is 3. The van der Waals surface area contributed by atoms with Crippen molar-refractivity contribution in [2.75, 3.05) is 26.2 Å². The van der Waals surface area contributed by atoms with Crippen LogP contribution in [0, 0.1) is 13.8 Å². The number of hydrogen-bond donors (Lipinski definition) is 0. The number of amides is 1. The lowest BCUT2D eigenvalue weighted by molar-refractivity contribution is -0.132. The maximum Gasteiger partial charge on any atom is 0.252 e. The van der Waals surface area contributed by atoms with Crippen LogP contribution in [0.4, 0.5) is 0 Å². The van der Waals surface area contributed by atoms with E-state index in [4.69, 9.17) is 4.98 Å². The number of aryl methyl sites for hydroxylation is 2. The number of benzene rings is 1.